The van der Waals surface area contributed by atoms with Crippen LogP contribution in [-0.2, 0) is 23.7 Å². The Hall–Kier alpha value is -3.72. The molecule has 2 fully saturated rings. The summed E-state index contributed by atoms with van der Waals surface area (Å²) in [6.07, 6.45) is 3.92. The lowest BCUT2D eigenvalue weighted by Crippen LogP contribution is -2.64. The molecule has 0 radical (unpaired) electrons. The van der Waals surface area contributed by atoms with Crippen molar-refractivity contribution in [1.29, 1.82) is 0 Å². The Morgan fingerprint density at radius 1 is 0.708 bits per heavy atom. The maximum absolute atomic E-state index is 13.2. The summed E-state index contributed by atoms with van der Waals surface area (Å²) in [5.74, 6) is -4.49. The highest BCUT2D eigenvalue weighted by atomic mass is 16.7. The number of hydrogen-bond acceptors (Lipinski definition) is 19. The smallest absolute Gasteiger partial charge is 0.315 e. The molecule has 72 heavy (non-hydrogen) atoms. The van der Waals surface area contributed by atoms with E-state index in [0.717, 1.165) is 0 Å². The van der Waals surface area contributed by atoms with Crippen molar-refractivity contribution in [1.82, 2.24) is 10.6 Å². The lowest BCUT2D eigenvalue weighted by molar-refractivity contribution is -0.303. The van der Waals surface area contributed by atoms with E-state index in [2.05, 4.69) is 10.6 Å². The molecule has 0 aliphatic carbocycles. The van der Waals surface area contributed by atoms with Gasteiger partial charge in [0.2, 0.25) is 0 Å². The molecule has 19 atom stereocenters. The van der Waals surface area contributed by atoms with E-state index in [4.69, 9.17) is 24.7 Å². The van der Waals surface area contributed by atoms with Crippen LogP contribution in [0.15, 0.2) is 85.1 Å². The maximum atomic E-state index is 13.2. The largest absolute Gasteiger partial charge is 0.462 e. The van der Waals surface area contributed by atoms with Gasteiger partial charge in [-0.05, 0) is 33.1 Å². The van der Waals surface area contributed by atoms with Gasteiger partial charge < -0.3 is 96.6 Å². The van der Waals surface area contributed by atoms with Gasteiger partial charge in [-0.3, -0.25) is 4.79 Å². The number of nitrogens with one attached hydrogen (secondary N) is 2. The zero-order valence-electron chi connectivity index (χ0n) is 41.7. The lowest BCUT2D eigenvalue weighted by Gasteiger charge is -2.46. The van der Waals surface area contributed by atoms with E-state index in [1.54, 1.807) is 87.6 Å². The first kappa shape index (κ1) is 62.6. The zero-order valence-corrected chi connectivity index (χ0v) is 41.7. The highest BCUT2D eigenvalue weighted by molar-refractivity contribution is 5.74. The Morgan fingerprint density at radius 3 is 1.89 bits per heavy atom. The number of fused-ring (bicyclic) bond motifs is 2. The summed E-state index contributed by atoms with van der Waals surface area (Å²) in [6, 6.07) is -3.25. The molecule has 0 spiro atoms. The molecule has 0 aromatic rings. The second kappa shape index (κ2) is 31.9. The predicted molar refractivity (Wildman–Crippen MR) is 264 cm³/mol. The summed E-state index contributed by atoms with van der Waals surface area (Å²) in [5.41, 5.74) is 6.09. The van der Waals surface area contributed by atoms with E-state index in [-0.39, 0.29) is 38.1 Å². The van der Waals surface area contributed by atoms with E-state index in [1.165, 1.54) is 0 Å². The fourth-order valence-corrected chi connectivity index (χ4v) is 8.46. The third-order valence-electron chi connectivity index (χ3n) is 13.1. The third-order valence-corrected chi connectivity index (χ3v) is 13.1. The monoisotopic (exact) mass is 1030 g/mol. The number of carbonyl (C=O) groups is 2. The summed E-state index contributed by atoms with van der Waals surface area (Å²) in [7, 11) is 0. The average molecular weight is 1030 g/mol. The van der Waals surface area contributed by atoms with Gasteiger partial charge in [0.25, 0.3) is 0 Å². The normalized spacial score (nSPS) is 39.1. The molecule has 3 aliphatic heterocycles. The predicted octanol–water partition coefficient (Wildman–Crippen LogP) is -0.720. The van der Waals surface area contributed by atoms with Gasteiger partial charge in [-0.2, -0.15) is 0 Å². The molecule has 21 heteroatoms. The van der Waals surface area contributed by atoms with Crippen LogP contribution in [0.1, 0.15) is 79.1 Å². The van der Waals surface area contributed by atoms with Gasteiger partial charge in [-0.15, -0.1) is 0 Å². The van der Waals surface area contributed by atoms with Crippen molar-refractivity contribution in [2.45, 2.75) is 183 Å². The molecular weight excluding hydrogens is 943 g/mol. The van der Waals surface area contributed by atoms with E-state index < -0.39 is 166 Å². The number of aliphatic hydroxyl groups excluding tert-OH is 11. The van der Waals surface area contributed by atoms with Gasteiger partial charge in [0.1, 0.15) is 12.2 Å². The van der Waals surface area contributed by atoms with Gasteiger partial charge >= 0.3 is 12.0 Å². The standard InChI is InChI=1S/C51H83N3O18/c1-30-17-15-13-11-9-7-5-6-8-10-12-14-16-18-38(71-49-48(66)44(52)47(65)33(4)70-49)24-42-45(54-50(67)53-27-34(28-55)29-56)41(62)26-51(68,72-42)25-37(59)22-40(61)39(60)20-19-35(57)21-36(58)23-43(63)69-32(3)31(2)46(30)64/h5-18,30-42,44-49,55-62,64-66,68H,19-29,52H2,1-4H3,(H2,53,54,67). The zero-order chi connectivity index (χ0) is 53.5. The van der Waals surface area contributed by atoms with E-state index >= 15 is 0 Å². The van der Waals surface area contributed by atoms with Crippen LogP contribution in [-0.4, -0.2) is 197 Å². The Morgan fingerprint density at radius 2 is 1.29 bits per heavy atom. The number of carbonyl (C=O) groups excluding carboxylic acids is 2. The van der Waals surface area contributed by atoms with Crippen molar-refractivity contribution in [2.75, 3.05) is 19.8 Å². The number of nitrogens with two attached hydrogens (primary N) is 1. The van der Waals surface area contributed by atoms with Crippen molar-refractivity contribution in [3.8, 4) is 0 Å². The van der Waals surface area contributed by atoms with Crippen LogP contribution in [0.4, 0.5) is 4.79 Å². The summed E-state index contributed by atoms with van der Waals surface area (Å²) < 4.78 is 23.7. The Labute approximate surface area is 422 Å². The number of aliphatic hydroxyl groups is 12. The molecule has 2 amide bonds. The molecule has 3 rings (SSSR count). The number of rotatable bonds is 7. The highest BCUT2D eigenvalue weighted by Crippen LogP contribution is 2.35. The number of amides is 2. The van der Waals surface area contributed by atoms with E-state index in [0.29, 0.717) is 0 Å². The molecule has 0 aromatic carbocycles. The minimum Gasteiger partial charge on any atom is -0.462 e. The van der Waals surface area contributed by atoms with Gasteiger partial charge in [0, 0.05) is 63.2 Å². The van der Waals surface area contributed by atoms with Crippen molar-refractivity contribution in [3.05, 3.63) is 85.1 Å². The molecule has 16 N–H and O–H groups in total. The SMILES string of the molecule is CC1C=CC=CC=CC=CC=CC=CC=CC(OC2OC(C)C(O)C(N)C2O)CC2OC(O)(CC(O)CC(O)C(O)CCC(O)CC(O)CC(=O)OC(C)C(C)C1O)CC(O)C2NC(=O)NCC(CO)CO. The van der Waals surface area contributed by atoms with Crippen molar-refractivity contribution in [2.24, 2.45) is 23.5 Å². The maximum Gasteiger partial charge on any atom is 0.315 e. The molecule has 0 aromatic heterocycles. The van der Waals surface area contributed by atoms with Crippen LogP contribution in [0.3, 0.4) is 0 Å². The third kappa shape index (κ3) is 21.6. The first-order valence-electron chi connectivity index (χ1n) is 24.8. The number of ether oxygens (including phenoxy) is 4. The molecule has 21 nitrogen and oxygen atoms in total. The topological polar surface area (TPSA) is 364 Å². The Balaban J connectivity index is 1.94. The minimum atomic E-state index is -2.31. The van der Waals surface area contributed by atoms with E-state index in [1.807, 2.05) is 25.2 Å². The van der Waals surface area contributed by atoms with Crippen LogP contribution in [0, 0.1) is 17.8 Å². The second-order valence-electron chi connectivity index (χ2n) is 19.3. The van der Waals surface area contributed by atoms with Gasteiger partial charge in [0.05, 0.1) is 85.6 Å². The summed E-state index contributed by atoms with van der Waals surface area (Å²) >= 11 is 0. The number of cyclic esters (lactones) is 1. The molecule has 2 saturated heterocycles. The van der Waals surface area contributed by atoms with Crippen molar-refractivity contribution < 1.29 is 89.8 Å². The number of esters is 1. The summed E-state index contributed by atoms with van der Waals surface area (Å²) in [5, 5.41) is 134. The molecule has 0 saturated carbocycles. The van der Waals surface area contributed by atoms with Gasteiger partial charge in [-0.25, -0.2) is 4.79 Å². The fraction of sp³-hybridized carbons (Fsp3) is 0.686. The molecule has 19 unspecified atom stereocenters. The minimum absolute atomic E-state index is 0.115. The van der Waals surface area contributed by atoms with Crippen LogP contribution in [0.5, 0.6) is 0 Å². The van der Waals surface area contributed by atoms with Crippen LogP contribution in [0.25, 0.3) is 0 Å². The van der Waals surface area contributed by atoms with Crippen LogP contribution < -0.4 is 16.4 Å². The van der Waals surface area contributed by atoms with Gasteiger partial charge in [0.15, 0.2) is 12.1 Å². The second-order valence-corrected chi connectivity index (χ2v) is 19.3. The first-order chi connectivity index (χ1) is 34.1. The van der Waals surface area contributed by atoms with E-state index in [9.17, 15) is 70.9 Å². The lowest BCUT2D eigenvalue weighted by atomic mass is 9.87. The Kier molecular flexibility index (Phi) is 27.7. The molecule has 3 heterocycles. The summed E-state index contributed by atoms with van der Waals surface area (Å²) in [6.45, 7) is 5.75. The van der Waals surface area contributed by atoms with Gasteiger partial charge in [-0.1, -0.05) is 98.9 Å². The first-order valence-corrected chi connectivity index (χ1v) is 24.8. The molecule has 2 bridgehead atoms. The molecule has 3 aliphatic rings. The number of urea groups is 1. The quantitative estimate of drug-likeness (QED) is 0.140. The highest BCUT2D eigenvalue weighted by Gasteiger charge is 2.49. The van der Waals surface area contributed by atoms with Crippen molar-refractivity contribution in [3.63, 3.8) is 0 Å². The average Bonchev–Trinajstić information content (AvgIpc) is 3.31. The van der Waals surface area contributed by atoms with Crippen LogP contribution in [0.2, 0.25) is 0 Å². The Bertz CT molecular complexity index is 1810. The molecule has 410 valence electrons. The summed E-state index contributed by atoms with van der Waals surface area (Å²) in [4.78, 5) is 25.8. The fourth-order valence-electron chi connectivity index (χ4n) is 8.46. The van der Waals surface area contributed by atoms with Crippen LogP contribution >= 0.6 is 0 Å². The molecular formula is C51H83N3O18. The number of allylic oxidation sites excluding steroid dienone is 12. The van der Waals surface area contributed by atoms with Crippen molar-refractivity contribution >= 4 is 12.0 Å². The number of hydrogen-bond donors (Lipinski definition) is 15.